The topological polar surface area (TPSA) is 95.4 Å². The Morgan fingerprint density at radius 3 is 2.05 bits per heavy atom. The summed E-state index contributed by atoms with van der Waals surface area (Å²) in [7, 11) is 0. The molecule has 0 saturated heterocycles. The first-order valence-electron chi connectivity index (χ1n) is 5.54. The lowest BCUT2D eigenvalue weighted by molar-refractivity contribution is 0.0398. The molecule has 5 nitrogen and oxygen atoms in total. The number of nitrogen functional groups attached to an aromatic ring is 2. The maximum absolute atomic E-state index is 11.7. The first kappa shape index (κ1) is 12.6. The zero-order chi connectivity index (χ0) is 13.8. The standard InChI is InChI=1S/C14H12N2O3/c15-11-6-4-9(5-7-11)13(17)19-14(18)10-2-1-3-12(16)8-10/h1-8H,15-16H2. The van der Waals surface area contributed by atoms with Crippen molar-refractivity contribution in [2.75, 3.05) is 11.5 Å². The van der Waals surface area contributed by atoms with Crippen molar-refractivity contribution < 1.29 is 14.3 Å². The molecule has 0 spiro atoms. The van der Waals surface area contributed by atoms with Gasteiger partial charge in [0.15, 0.2) is 0 Å². The van der Waals surface area contributed by atoms with Crippen molar-refractivity contribution in [2.24, 2.45) is 0 Å². The third-order valence-corrected chi connectivity index (χ3v) is 2.45. The monoisotopic (exact) mass is 256 g/mol. The maximum atomic E-state index is 11.7. The number of rotatable bonds is 2. The molecule has 0 bridgehead atoms. The number of carbonyl (C=O) groups excluding carboxylic acids is 2. The van der Waals surface area contributed by atoms with Crippen molar-refractivity contribution in [3.8, 4) is 0 Å². The predicted octanol–water partition coefficient (Wildman–Crippen LogP) is 1.85. The van der Waals surface area contributed by atoms with Gasteiger partial charge in [-0.15, -0.1) is 0 Å². The highest BCUT2D eigenvalue weighted by atomic mass is 16.6. The molecule has 0 fully saturated rings. The molecule has 0 saturated carbocycles. The third kappa shape index (κ3) is 3.10. The van der Waals surface area contributed by atoms with Gasteiger partial charge in [0.05, 0.1) is 11.1 Å². The van der Waals surface area contributed by atoms with Gasteiger partial charge in [0.2, 0.25) is 0 Å². The number of carbonyl (C=O) groups is 2. The largest absolute Gasteiger partial charge is 0.399 e. The van der Waals surface area contributed by atoms with Crippen molar-refractivity contribution >= 4 is 23.3 Å². The Balaban J connectivity index is 2.11. The summed E-state index contributed by atoms with van der Waals surface area (Å²) in [6.45, 7) is 0. The van der Waals surface area contributed by atoms with Crippen LogP contribution in [0.25, 0.3) is 0 Å². The average Bonchev–Trinajstić information content (AvgIpc) is 2.39. The Morgan fingerprint density at radius 1 is 0.789 bits per heavy atom. The molecule has 2 rings (SSSR count). The summed E-state index contributed by atoms with van der Waals surface area (Å²) < 4.78 is 4.74. The van der Waals surface area contributed by atoms with Crippen LogP contribution in [0.15, 0.2) is 48.5 Å². The summed E-state index contributed by atoms with van der Waals surface area (Å²) in [5, 5.41) is 0. The molecule has 0 aliphatic carbocycles. The van der Waals surface area contributed by atoms with Gasteiger partial charge < -0.3 is 16.2 Å². The maximum Gasteiger partial charge on any atom is 0.346 e. The average molecular weight is 256 g/mol. The number of benzene rings is 2. The Morgan fingerprint density at radius 2 is 1.42 bits per heavy atom. The lowest BCUT2D eigenvalue weighted by Crippen LogP contribution is -2.13. The molecule has 0 atom stereocenters. The van der Waals surface area contributed by atoms with Crippen molar-refractivity contribution in [2.45, 2.75) is 0 Å². The van der Waals surface area contributed by atoms with E-state index >= 15 is 0 Å². The van der Waals surface area contributed by atoms with E-state index in [1.54, 1.807) is 24.3 Å². The number of hydrogen-bond donors (Lipinski definition) is 2. The highest BCUT2D eigenvalue weighted by Crippen LogP contribution is 2.11. The SMILES string of the molecule is Nc1ccc(C(=O)OC(=O)c2cccc(N)c2)cc1. The number of esters is 2. The molecule has 0 aliphatic heterocycles. The Bertz CT molecular complexity index is 621. The van der Waals surface area contributed by atoms with Crippen LogP contribution in [0.3, 0.4) is 0 Å². The molecule has 0 radical (unpaired) electrons. The predicted molar refractivity (Wildman–Crippen MR) is 71.5 cm³/mol. The quantitative estimate of drug-likeness (QED) is 0.485. The van der Waals surface area contributed by atoms with Gasteiger partial charge in [-0.05, 0) is 42.5 Å². The molecule has 5 heteroatoms. The van der Waals surface area contributed by atoms with Crippen molar-refractivity contribution in [3.63, 3.8) is 0 Å². The molecular weight excluding hydrogens is 244 g/mol. The van der Waals surface area contributed by atoms with Crippen LogP contribution in [-0.4, -0.2) is 11.9 Å². The van der Waals surface area contributed by atoms with E-state index in [2.05, 4.69) is 0 Å². The first-order chi connectivity index (χ1) is 9.06. The lowest BCUT2D eigenvalue weighted by atomic mass is 10.2. The highest BCUT2D eigenvalue weighted by molar-refractivity contribution is 6.02. The number of anilines is 2. The van der Waals surface area contributed by atoms with Crippen LogP contribution in [0.2, 0.25) is 0 Å². The minimum atomic E-state index is -0.742. The second-order valence-corrected chi connectivity index (χ2v) is 3.92. The molecular formula is C14H12N2O3. The van der Waals surface area contributed by atoms with E-state index in [1.807, 2.05) is 0 Å². The fourth-order valence-electron chi connectivity index (χ4n) is 1.49. The Kier molecular flexibility index (Phi) is 3.47. The van der Waals surface area contributed by atoms with Crippen molar-refractivity contribution in [1.82, 2.24) is 0 Å². The van der Waals surface area contributed by atoms with E-state index in [0.717, 1.165) is 0 Å². The highest BCUT2D eigenvalue weighted by Gasteiger charge is 2.14. The van der Waals surface area contributed by atoms with E-state index in [0.29, 0.717) is 11.4 Å². The van der Waals surface area contributed by atoms with Gasteiger partial charge in [-0.2, -0.15) is 0 Å². The van der Waals surface area contributed by atoms with Crippen LogP contribution in [0, 0.1) is 0 Å². The van der Waals surface area contributed by atoms with Crippen LogP contribution >= 0.6 is 0 Å². The molecule has 96 valence electrons. The summed E-state index contributed by atoms with van der Waals surface area (Å²) in [6, 6.07) is 12.3. The zero-order valence-electron chi connectivity index (χ0n) is 10.00. The molecule has 0 unspecified atom stereocenters. The number of ether oxygens (including phenoxy) is 1. The Labute approximate surface area is 109 Å². The van der Waals surface area contributed by atoms with E-state index in [9.17, 15) is 9.59 Å². The lowest BCUT2D eigenvalue weighted by Gasteiger charge is -2.04. The van der Waals surface area contributed by atoms with E-state index in [1.165, 1.54) is 24.3 Å². The summed E-state index contributed by atoms with van der Waals surface area (Å²) in [4.78, 5) is 23.4. The molecule has 19 heavy (non-hydrogen) atoms. The van der Waals surface area contributed by atoms with Gasteiger partial charge in [0.1, 0.15) is 0 Å². The third-order valence-electron chi connectivity index (χ3n) is 2.45. The molecule has 2 aromatic carbocycles. The zero-order valence-corrected chi connectivity index (χ0v) is 10.00. The molecule has 0 heterocycles. The second kappa shape index (κ2) is 5.22. The van der Waals surface area contributed by atoms with Crippen LogP contribution in [-0.2, 0) is 4.74 Å². The molecule has 4 N–H and O–H groups in total. The van der Waals surface area contributed by atoms with Crippen LogP contribution in [0.1, 0.15) is 20.7 Å². The van der Waals surface area contributed by atoms with E-state index < -0.39 is 11.9 Å². The fraction of sp³-hybridized carbons (Fsp3) is 0. The van der Waals surface area contributed by atoms with Crippen LogP contribution in [0.5, 0.6) is 0 Å². The summed E-state index contributed by atoms with van der Waals surface area (Å²) in [6.07, 6.45) is 0. The van der Waals surface area contributed by atoms with Gasteiger partial charge in [-0.3, -0.25) is 0 Å². The minimum absolute atomic E-state index is 0.226. The van der Waals surface area contributed by atoms with Gasteiger partial charge in [-0.1, -0.05) is 6.07 Å². The molecule has 0 aromatic heterocycles. The Hall–Kier alpha value is -2.82. The summed E-state index contributed by atoms with van der Waals surface area (Å²) in [5.41, 5.74) is 12.5. The van der Waals surface area contributed by atoms with Gasteiger partial charge in [0.25, 0.3) is 0 Å². The molecule has 0 amide bonds. The number of nitrogens with two attached hydrogens (primary N) is 2. The summed E-state index contributed by atoms with van der Waals surface area (Å²) in [5.74, 6) is -1.47. The van der Waals surface area contributed by atoms with E-state index in [-0.39, 0.29) is 11.1 Å². The summed E-state index contributed by atoms with van der Waals surface area (Å²) >= 11 is 0. The number of hydrogen-bond acceptors (Lipinski definition) is 5. The van der Waals surface area contributed by atoms with Crippen molar-refractivity contribution in [1.29, 1.82) is 0 Å². The smallest absolute Gasteiger partial charge is 0.346 e. The normalized spacial score (nSPS) is 9.89. The fourth-order valence-corrected chi connectivity index (χ4v) is 1.49. The molecule has 2 aromatic rings. The first-order valence-corrected chi connectivity index (χ1v) is 5.54. The van der Waals surface area contributed by atoms with Crippen LogP contribution < -0.4 is 11.5 Å². The minimum Gasteiger partial charge on any atom is -0.399 e. The van der Waals surface area contributed by atoms with Gasteiger partial charge in [-0.25, -0.2) is 9.59 Å². The van der Waals surface area contributed by atoms with Crippen LogP contribution in [0.4, 0.5) is 11.4 Å². The van der Waals surface area contributed by atoms with Crippen molar-refractivity contribution in [3.05, 3.63) is 59.7 Å². The molecule has 0 aliphatic rings. The second-order valence-electron chi connectivity index (χ2n) is 3.92. The van der Waals surface area contributed by atoms with Gasteiger partial charge >= 0.3 is 11.9 Å². The van der Waals surface area contributed by atoms with Gasteiger partial charge in [0, 0.05) is 11.4 Å². The van der Waals surface area contributed by atoms with E-state index in [4.69, 9.17) is 16.2 Å².